The monoisotopic (exact) mass is 440 g/mol. The van der Waals surface area contributed by atoms with E-state index in [9.17, 15) is 4.79 Å². The second-order valence-electron chi connectivity index (χ2n) is 8.90. The van der Waals surface area contributed by atoms with Crippen LogP contribution in [0.3, 0.4) is 0 Å². The van der Waals surface area contributed by atoms with Crippen molar-refractivity contribution in [3.63, 3.8) is 0 Å². The van der Waals surface area contributed by atoms with Gasteiger partial charge in [0.15, 0.2) is 23.0 Å². The molecule has 6 heteroatoms. The van der Waals surface area contributed by atoms with E-state index in [1.165, 1.54) is 38.5 Å². The Labute approximate surface area is 191 Å². The first-order valence-corrected chi connectivity index (χ1v) is 12.4. The fraction of sp³-hybridized carbons (Fsp3) is 0.615. The SMILES string of the molecule is CCOc1ccc(-c2cc(C(=O)N(C3CCCCC3)C3CCCCC3)no2)cc1OCC. The molecule has 1 aromatic carbocycles. The Kier molecular flexibility index (Phi) is 7.72. The fourth-order valence-electron chi connectivity index (χ4n) is 5.20. The summed E-state index contributed by atoms with van der Waals surface area (Å²) >= 11 is 0. The van der Waals surface area contributed by atoms with Crippen molar-refractivity contribution in [2.45, 2.75) is 90.1 Å². The molecular weight excluding hydrogens is 404 g/mol. The first-order valence-electron chi connectivity index (χ1n) is 12.4. The molecule has 0 aliphatic heterocycles. The quantitative estimate of drug-likeness (QED) is 0.486. The number of ether oxygens (including phenoxy) is 2. The lowest BCUT2D eigenvalue weighted by molar-refractivity contribution is 0.0438. The zero-order valence-corrected chi connectivity index (χ0v) is 19.5. The highest BCUT2D eigenvalue weighted by molar-refractivity contribution is 5.93. The van der Waals surface area contributed by atoms with E-state index in [4.69, 9.17) is 14.0 Å². The summed E-state index contributed by atoms with van der Waals surface area (Å²) in [6.45, 7) is 5.00. The molecule has 2 saturated carbocycles. The molecule has 0 N–H and O–H groups in total. The molecule has 1 aromatic heterocycles. The third-order valence-electron chi connectivity index (χ3n) is 6.73. The summed E-state index contributed by atoms with van der Waals surface area (Å²) < 4.78 is 17.0. The molecule has 0 saturated heterocycles. The van der Waals surface area contributed by atoms with Gasteiger partial charge in [0.1, 0.15) is 0 Å². The minimum absolute atomic E-state index is 0.0229. The molecule has 2 aliphatic carbocycles. The van der Waals surface area contributed by atoms with Crippen molar-refractivity contribution in [1.82, 2.24) is 10.1 Å². The van der Waals surface area contributed by atoms with E-state index >= 15 is 0 Å². The molecule has 6 nitrogen and oxygen atoms in total. The Bertz CT molecular complexity index is 864. The van der Waals surface area contributed by atoms with Gasteiger partial charge in [-0.2, -0.15) is 0 Å². The Balaban J connectivity index is 1.58. The lowest BCUT2D eigenvalue weighted by Crippen LogP contribution is -2.48. The highest BCUT2D eigenvalue weighted by Crippen LogP contribution is 2.35. The first-order chi connectivity index (χ1) is 15.7. The van der Waals surface area contributed by atoms with Crippen molar-refractivity contribution in [2.75, 3.05) is 13.2 Å². The zero-order chi connectivity index (χ0) is 22.3. The van der Waals surface area contributed by atoms with Crippen LogP contribution in [0.25, 0.3) is 11.3 Å². The Morgan fingerprint density at radius 1 is 0.906 bits per heavy atom. The average molecular weight is 441 g/mol. The molecule has 4 rings (SSSR count). The highest BCUT2D eigenvalue weighted by atomic mass is 16.5. The van der Waals surface area contributed by atoms with Gasteiger partial charge in [-0.25, -0.2) is 0 Å². The van der Waals surface area contributed by atoms with Crippen LogP contribution >= 0.6 is 0 Å². The lowest BCUT2D eigenvalue weighted by atomic mass is 9.88. The minimum atomic E-state index is 0.0229. The maximum Gasteiger partial charge on any atom is 0.276 e. The van der Waals surface area contributed by atoms with Gasteiger partial charge < -0.3 is 18.9 Å². The molecule has 0 bridgehead atoms. The van der Waals surface area contributed by atoms with Gasteiger partial charge in [-0.1, -0.05) is 43.7 Å². The molecule has 0 spiro atoms. The number of hydrogen-bond donors (Lipinski definition) is 0. The standard InChI is InChI=1S/C26H36N2O4/c1-3-30-23-16-15-19(17-25(23)31-4-2)24-18-22(27-32-24)26(29)28(20-11-7-5-8-12-20)21-13-9-6-10-14-21/h15-18,20-21H,3-14H2,1-2H3. The molecule has 2 fully saturated rings. The number of rotatable bonds is 8. The molecule has 0 radical (unpaired) electrons. The summed E-state index contributed by atoms with van der Waals surface area (Å²) in [6.07, 6.45) is 11.8. The number of hydrogen-bond acceptors (Lipinski definition) is 5. The molecule has 1 heterocycles. The van der Waals surface area contributed by atoms with Crippen LogP contribution in [0, 0.1) is 0 Å². The number of nitrogens with zero attached hydrogens (tertiary/aromatic N) is 2. The molecule has 2 aliphatic rings. The number of amides is 1. The number of benzene rings is 1. The van der Waals surface area contributed by atoms with E-state index in [1.54, 1.807) is 6.07 Å². The van der Waals surface area contributed by atoms with Crippen LogP contribution in [0.1, 0.15) is 88.5 Å². The topological polar surface area (TPSA) is 64.8 Å². The Morgan fingerprint density at radius 2 is 1.50 bits per heavy atom. The Hall–Kier alpha value is -2.50. The van der Waals surface area contributed by atoms with Crippen LogP contribution in [0.15, 0.2) is 28.8 Å². The summed E-state index contributed by atoms with van der Waals surface area (Å²) in [4.78, 5) is 15.8. The van der Waals surface area contributed by atoms with Crippen LogP contribution in [-0.4, -0.2) is 41.3 Å². The van der Waals surface area contributed by atoms with E-state index in [0.717, 1.165) is 31.2 Å². The van der Waals surface area contributed by atoms with Crippen LogP contribution in [-0.2, 0) is 0 Å². The maximum atomic E-state index is 13.7. The van der Waals surface area contributed by atoms with Gasteiger partial charge in [0.2, 0.25) is 0 Å². The third-order valence-corrected chi connectivity index (χ3v) is 6.73. The molecular formula is C26H36N2O4. The molecule has 174 valence electrons. The summed E-state index contributed by atoms with van der Waals surface area (Å²) in [7, 11) is 0. The molecule has 0 atom stereocenters. The average Bonchev–Trinajstić information content (AvgIpc) is 3.33. The zero-order valence-electron chi connectivity index (χ0n) is 19.5. The van der Waals surface area contributed by atoms with Crippen molar-refractivity contribution >= 4 is 5.91 Å². The predicted octanol–water partition coefficient (Wildman–Crippen LogP) is 6.25. The summed E-state index contributed by atoms with van der Waals surface area (Å²) in [5.74, 6) is 1.97. The smallest absolute Gasteiger partial charge is 0.276 e. The van der Waals surface area contributed by atoms with Gasteiger partial charge in [0.25, 0.3) is 5.91 Å². The van der Waals surface area contributed by atoms with Gasteiger partial charge in [0.05, 0.1) is 13.2 Å². The van der Waals surface area contributed by atoms with Crippen molar-refractivity contribution in [3.8, 4) is 22.8 Å². The number of carbonyl (C=O) groups is 1. The van der Waals surface area contributed by atoms with Crippen molar-refractivity contribution in [3.05, 3.63) is 30.0 Å². The number of carbonyl (C=O) groups excluding carboxylic acids is 1. The largest absolute Gasteiger partial charge is 0.490 e. The van der Waals surface area contributed by atoms with Crippen LogP contribution in [0.5, 0.6) is 11.5 Å². The summed E-state index contributed by atoms with van der Waals surface area (Å²) in [6, 6.07) is 8.13. The van der Waals surface area contributed by atoms with Crippen LogP contribution < -0.4 is 9.47 Å². The van der Waals surface area contributed by atoms with Gasteiger partial charge >= 0.3 is 0 Å². The maximum absolute atomic E-state index is 13.7. The summed E-state index contributed by atoms with van der Waals surface area (Å²) in [5.41, 5.74) is 1.23. The second-order valence-corrected chi connectivity index (χ2v) is 8.90. The third kappa shape index (κ3) is 5.11. The van der Waals surface area contributed by atoms with Gasteiger partial charge in [-0.15, -0.1) is 0 Å². The minimum Gasteiger partial charge on any atom is -0.490 e. The highest BCUT2D eigenvalue weighted by Gasteiger charge is 2.34. The van der Waals surface area contributed by atoms with Crippen LogP contribution in [0.4, 0.5) is 0 Å². The van der Waals surface area contributed by atoms with Gasteiger partial charge in [-0.05, 0) is 57.7 Å². The normalized spacial score (nSPS) is 17.8. The van der Waals surface area contributed by atoms with E-state index in [-0.39, 0.29) is 5.91 Å². The van der Waals surface area contributed by atoms with E-state index < -0.39 is 0 Å². The summed E-state index contributed by atoms with van der Waals surface area (Å²) in [5, 5.41) is 4.20. The van der Waals surface area contributed by atoms with Crippen LogP contribution in [0.2, 0.25) is 0 Å². The molecule has 1 amide bonds. The van der Waals surface area contributed by atoms with Crippen molar-refractivity contribution in [1.29, 1.82) is 0 Å². The van der Waals surface area contributed by atoms with Crippen molar-refractivity contribution in [2.24, 2.45) is 0 Å². The van der Waals surface area contributed by atoms with E-state index in [0.29, 0.717) is 48.3 Å². The van der Waals surface area contributed by atoms with Crippen molar-refractivity contribution < 1.29 is 18.8 Å². The predicted molar refractivity (Wildman–Crippen MR) is 124 cm³/mol. The second kappa shape index (κ2) is 10.9. The molecule has 2 aromatic rings. The molecule has 0 unspecified atom stereocenters. The van der Waals surface area contributed by atoms with Gasteiger partial charge in [0, 0.05) is 23.7 Å². The van der Waals surface area contributed by atoms with E-state index in [2.05, 4.69) is 10.1 Å². The number of aromatic nitrogens is 1. The Morgan fingerprint density at radius 3 is 2.09 bits per heavy atom. The molecule has 32 heavy (non-hydrogen) atoms. The first kappa shape index (κ1) is 22.7. The fourth-order valence-corrected chi connectivity index (χ4v) is 5.20. The van der Waals surface area contributed by atoms with Gasteiger partial charge in [-0.3, -0.25) is 4.79 Å². The van der Waals surface area contributed by atoms with E-state index in [1.807, 2.05) is 32.0 Å². The lowest BCUT2D eigenvalue weighted by Gasteiger charge is -2.41.